The molecule has 16 heavy (non-hydrogen) atoms. The molecule has 0 aromatic heterocycles. The second-order valence-electron chi connectivity index (χ2n) is 4.32. The highest BCUT2D eigenvalue weighted by Gasteiger charge is 2.08. The number of nitrogens with two attached hydrogens (primary N) is 1. The first-order chi connectivity index (χ1) is 7.84. The molecule has 1 aromatic rings. The quantitative estimate of drug-likeness (QED) is 0.644. The van der Waals surface area contributed by atoms with Gasteiger partial charge in [-0.05, 0) is 50.2 Å². The molecule has 2 nitrogen and oxygen atoms in total. The van der Waals surface area contributed by atoms with E-state index >= 15 is 0 Å². The number of thioether (sulfide) groups is 1. The minimum absolute atomic E-state index is 0.848. The molecule has 1 aliphatic rings. The van der Waals surface area contributed by atoms with Gasteiger partial charge in [-0.2, -0.15) is 0 Å². The zero-order valence-corrected chi connectivity index (χ0v) is 10.5. The Hall–Kier alpha value is -0.670. The molecule has 1 saturated heterocycles. The first-order valence-corrected chi connectivity index (χ1v) is 7.04. The van der Waals surface area contributed by atoms with Crippen LogP contribution < -0.4 is 5.73 Å². The van der Waals surface area contributed by atoms with Gasteiger partial charge in [-0.3, -0.25) is 0 Å². The molecular formula is C13H20N2S. The molecule has 1 fully saturated rings. The molecule has 2 rings (SSSR count). The van der Waals surface area contributed by atoms with Crippen molar-refractivity contribution in [1.29, 1.82) is 0 Å². The van der Waals surface area contributed by atoms with Gasteiger partial charge in [-0.1, -0.05) is 6.42 Å². The Morgan fingerprint density at radius 3 is 2.44 bits per heavy atom. The third-order valence-electron chi connectivity index (χ3n) is 3.01. The van der Waals surface area contributed by atoms with Crippen LogP contribution in [0.2, 0.25) is 0 Å². The Balaban J connectivity index is 1.69. The average Bonchev–Trinajstić information content (AvgIpc) is 2.33. The highest BCUT2D eigenvalue weighted by atomic mass is 32.2. The summed E-state index contributed by atoms with van der Waals surface area (Å²) in [5.74, 6) is 1.18. The maximum atomic E-state index is 5.65. The molecule has 1 aliphatic heterocycles. The number of piperidine rings is 1. The van der Waals surface area contributed by atoms with Crippen LogP contribution in [0, 0.1) is 0 Å². The summed E-state index contributed by atoms with van der Waals surface area (Å²) in [7, 11) is 0. The number of nitrogens with zero attached hydrogens (tertiary/aromatic N) is 1. The van der Waals surface area contributed by atoms with E-state index in [9.17, 15) is 0 Å². The van der Waals surface area contributed by atoms with Gasteiger partial charge < -0.3 is 10.6 Å². The van der Waals surface area contributed by atoms with Crippen molar-refractivity contribution in [3.63, 3.8) is 0 Å². The van der Waals surface area contributed by atoms with E-state index in [-0.39, 0.29) is 0 Å². The van der Waals surface area contributed by atoms with E-state index in [0.29, 0.717) is 0 Å². The predicted molar refractivity (Wildman–Crippen MR) is 71.9 cm³/mol. The van der Waals surface area contributed by atoms with E-state index in [0.717, 1.165) is 5.69 Å². The van der Waals surface area contributed by atoms with Crippen LogP contribution in [0.5, 0.6) is 0 Å². The van der Waals surface area contributed by atoms with Gasteiger partial charge in [0, 0.05) is 22.9 Å². The van der Waals surface area contributed by atoms with Crippen molar-refractivity contribution in [2.24, 2.45) is 0 Å². The van der Waals surface area contributed by atoms with Crippen molar-refractivity contribution in [2.75, 3.05) is 31.1 Å². The Morgan fingerprint density at radius 1 is 1.06 bits per heavy atom. The van der Waals surface area contributed by atoms with Crippen LogP contribution in [-0.2, 0) is 0 Å². The van der Waals surface area contributed by atoms with Gasteiger partial charge in [0.15, 0.2) is 0 Å². The lowest BCUT2D eigenvalue weighted by Gasteiger charge is -2.26. The summed E-state index contributed by atoms with van der Waals surface area (Å²) in [4.78, 5) is 3.90. The van der Waals surface area contributed by atoms with Crippen molar-refractivity contribution >= 4 is 17.4 Å². The fourth-order valence-corrected chi connectivity index (χ4v) is 2.95. The third-order valence-corrected chi connectivity index (χ3v) is 4.00. The molecule has 0 spiro atoms. The van der Waals surface area contributed by atoms with E-state index < -0.39 is 0 Å². The van der Waals surface area contributed by atoms with Gasteiger partial charge in [0.1, 0.15) is 0 Å². The van der Waals surface area contributed by atoms with Gasteiger partial charge in [-0.25, -0.2) is 0 Å². The molecule has 3 heteroatoms. The lowest BCUT2D eigenvalue weighted by molar-refractivity contribution is 0.242. The molecule has 0 aliphatic carbocycles. The maximum absolute atomic E-state index is 5.65. The molecule has 2 N–H and O–H groups in total. The zero-order chi connectivity index (χ0) is 11.2. The van der Waals surface area contributed by atoms with Crippen molar-refractivity contribution in [1.82, 2.24) is 4.90 Å². The van der Waals surface area contributed by atoms with E-state index in [4.69, 9.17) is 5.73 Å². The lowest BCUT2D eigenvalue weighted by Crippen LogP contribution is -2.31. The lowest BCUT2D eigenvalue weighted by atomic mass is 10.1. The Bertz CT molecular complexity index is 304. The summed E-state index contributed by atoms with van der Waals surface area (Å²) in [6, 6.07) is 8.17. The smallest absolute Gasteiger partial charge is 0.0314 e. The van der Waals surface area contributed by atoms with Gasteiger partial charge >= 0.3 is 0 Å². The minimum atomic E-state index is 0.848. The third kappa shape index (κ3) is 3.72. The van der Waals surface area contributed by atoms with Crippen LogP contribution in [0.3, 0.4) is 0 Å². The molecule has 0 unspecified atom stereocenters. The van der Waals surface area contributed by atoms with Gasteiger partial charge in [-0.15, -0.1) is 11.8 Å². The number of anilines is 1. The molecule has 0 bridgehead atoms. The molecule has 1 heterocycles. The van der Waals surface area contributed by atoms with Crippen molar-refractivity contribution in [2.45, 2.75) is 24.2 Å². The van der Waals surface area contributed by atoms with Crippen LogP contribution in [0.25, 0.3) is 0 Å². The molecule has 0 atom stereocenters. The van der Waals surface area contributed by atoms with E-state index in [1.54, 1.807) is 0 Å². The summed E-state index contributed by atoms with van der Waals surface area (Å²) in [5, 5.41) is 0. The average molecular weight is 236 g/mol. The maximum Gasteiger partial charge on any atom is 0.0314 e. The first-order valence-electron chi connectivity index (χ1n) is 6.05. The molecule has 1 aromatic carbocycles. The van der Waals surface area contributed by atoms with Crippen LogP contribution in [0.15, 0.2) is 29.2 Å². The van der Waals surface area contributed by atoms with Crippen molar-refractivity contribution in [3.8, 4) is 0 Å². The number of likely N-dealkylation sites (tertiary alicyclic amines) is 1. The highest BCUT2D eigenvalue weighted by Crippen LogP contribution is 2.19. The van der Waals surface area contributed by atoms with E-state index in [1.165, 1.54) is 49.5 Å². The van der Waals surface area contributed by atoms with Gasteiger partial charge in [0.2, 0.25) is 0 Å². The summed E-state index contributed by atoms with van der Waals surface area (Å²) in [6.07, 6.45) is 4.18. The van der Waals surface area contributed by atoms with Crippen molar-refractivity contribution in [3.05, 3.63) is 24.3 Å². The SMILES string of the molecule is Nc1ccc(SCCN2CCCCC2)cc1. The predicted octanol–water partition coefficient (Wildman–Crippen LogP) is 2.85. The zero-order valence-electron chi connectivity index (χ0n) is 9.69. The van der Waals surface area contributed by atoms with Crippen LogP contribution in [-0.4, -0.2) is 30.3 Å². The topological polar surface area (TPSA) is 29.3 Å². The number of benzene rings is 1. The molecule has 0 radical (unpaired) electrons. The number of nitrogen functional groups attached to an aromatic ring is 1. The van der Waals surface area contributed by atoms with E-state index in [2.05, 4.69) is 17.0 Å². The van der Waals surface area contributed by atoms with E-state index in [1.807, 2.05) is 23.9 Å². The summed E-state index contributed by atoms with van der Waals surface area (Å²) < 4.78 is 0. The normalized spacial score (nSPS) is 17.5. The second-order valence-corrected chi connectivity index (χ2v) is 5.49. The molecular weight excluding hydrogens is 216 g/mol. The highest BCUT2D eigenvalue weighted by molar-refractivity contribution is 7.99. The second kappa shape index (κ2) is 6.16. The number of hydrogen-bond donors (Lipinski definition) is 1. The standard InChI is InChI=1S/C13H20N2S/c14-12-4-6-13(7-5-12)16-11-10-15-8-2-1-3-9-15/h4-7H,1-3,8-11,14H2. The molecule has 0 amide bonds. The number of rotatable bonds is 4. The first kappa shape index (κ1) is 11.8. The van der Waals surface area contributed by atoms with Crippen LogP contribution in [0.4, 0.5) is 5.69 Å². The fraction of sp³-hybridized carbons (Fsp3) is 0.538. The molecule has 0 saturated carbocycles. The monoisotopic (exact) mass is 236 g/mol. The largest absolute Gasteiger partial charge is 0.399 e. The number of hydrogen-bond acceptors (Lipinski definition) is 3. The summed E-state index contributed by atoms with van der Waals surface area (Å²) in [6.45, 7) is 3.81. The summed E-state index contributed by atoms with van der Waals surface area (Å²) >= 11 is 1.93. The summed E-state index contributed by atoms with van der Waals surface area (Å²) in [5.41, 5.74) is 6.50. The minimum Gasteiger partial charge on any atom is -0.399 e. The fourth-order valence-electron chi connectivity index (χ4n) is 2.04. The van der Waals surface area contributed by atoms with Crippen LogP contribution in [0.1, 0.15) is 19.3 Å². The van der Waals surface area contributed by atoms with Gasteiger partial charge in [0.05, 0.1) is 0 Å². The Kier molecular flexibility index (Phi) is 4.55. The molecule has 88 valence electrons. The Labute approximate surface area is 102 Å². The van der Waals surface area contributed by atoms with Crippen molar-refractivity contribution < 1.29 is 0 Å². The van der Waals surface area contributed by atoms with Gasteiger partial charge in [0.25, 0.3) is 0 Å². The van der Waals surface area contributed by atoms with Crippen LogP contribution >= 0.6 is 11.8 Å². The Morgan fingerprint density at radius 2 is 1.75 bits per heavy atom.